The van der Waals surface area contributed by atoms with Crippen molar-refractivity contribution in [2.24, 2.45) is 0 Å². The lowest BCUT2D eigenvalue weighted by atomic mass is 10.2. The maximum Gasteiger partial charge on any atom is 0.223 e. The summed E-state index contributed by atoms with van der Waals surface area (Å²) in [5.74, 6) is 0.844. The Morgan fingerprint density at radius 3 is 2.89 bits per heavy atom. The average Bonchev–Trinajstić information content (AvgIpc) is 2.36. The van der Waals surface area contributed by atoms with Crippen molar-refractivity contribution in [3.8, 4) is 0 Å². The highest BCUT2D eigenvalue weighted by molar-refractivity contribution is 6.29. The highest BCUT2D eigenvalue weighted by Crippen LogP contribution is 2.13. The molecule has 1 aliphatic heterocycles. The molecule has 1 aliphatic rings. The molecule has 6 nitrogen and oxygen atoms in total. The molecular weight excluding hydrogens is 254 g/mol. The van der Waals surface area contributed by atoms with E-state index in [9.17, 15) is 0 Å². The van der Waals surface area contributed by atoms with Crippen molar-refractivity contribution >= 4 is 23.4 Å². The third-order valence-corrected chi connectivity index (χ3v) is 3.15. The van der Waals surface area contributed by atoms with Crippen molar-refractivity contribution < 1.29 is 4.74 Å². The van der Waals surface area contributed by atoms with E-state index in [1.54, 1.807) is 6.07 Å². The van der Waals surface area contributed by atoms with Crippen molar-refractivity contribution in [2.45, 2.75) is 13.0 Å². The number of nitrogens with two attached hydrogens (primary N) is 1. The second kappa shape index (κ2) is 6.17. The van der Waals surface area contributed by atoms with Gasteiger partial charge >= 0.3 is 0 Å². The normalized spacial score (nSPS) is 18.6. The molecule has 0 bridgehead atoms. The molecule has 2 heterocycles. The molecule has 100 valence electrons. The molecule has 1 fully saturated rings. The van der Waals surface area contributed by atoms with Gasteiger partial charge in [0.15, 0.2) is 0 Å². The number of morpholine rings is 1. The lowest BCUT2D eigenvalue weighted by Crippen LogP contribution is -2.45. The predicted molar refractivity (Wildman–Crippen MR) is 71.8 cm³/mol. The van der Waals surface area contributed by atoms with Gasteiger partial charge in [0.2, 0.25) is 5.95 Å². The maximum atomic E-state index is 5.82. The molecule has 7 heteroatoms. The fourth-order valence-electron chi connectivity index (χ4n) is 1.93. The van der Waals surface area contributed by atoms with Crippen LogP contribution in [0, 0.1) is 0 Å². The molecule has 1 atom stereocenters. The quantitative estimate of drug-likeness (QED) is 0.791. The van der Waals surface area contributed by atoms with Crippen LogP contribution < -0.4 is 11.1 Å². The van der Waals surface area contributed by atoms with Crippen molar-refractivity contribution in [3.63, 3.8) is 0 Å². The molecule has 1 unspecified atom stereocenters. The average molecular weight is 272 g/mol. The molecule has 0 saturated carbocycles. The third kappa shape index (κ3) is 3.69. The van der Waals surface area contributed by atoms with Crippen LogP contribution in [0.1, 0.15) is 6.92 Å². The predicted octanol–water partition coefficient (Wildman–Crippen LogP) is 0.845. The first-order valence-corrected chi connectivity index (χ1v) is 6.38. The molecular formula is C11H18ClN5O. The van der Waals surface area contributed by atoms with Crippen molar-refractivity contribution in [3.05, 3.63) is 11.2 Å². The smallest absolute Gasteiger partial charge is 0.223 e. The summed E-state index contributed by atoms with van der Waals surface area (Å²) in [6.07, 6.45) is 0. The third-order valence-electron chi connectivity index (χ3n) is 2.96. The summed E-state index contributed by atoms with van der Waals surface area (Å²) in [6.45, 7) is 6.50. The van der Waals surface area contributed by atoms with Gasteiger partial charge in [-0.25, -0.2) is 4.98 Å². The second-order valence-electron chi connectivity index (χ2n) is 4.31. The first-order chi connectivity index (χ1) is 8.65. The molecule has 1 aromatic heterocycles. The van der Waals surface area contributed by atoms with Gasteiger partial charge in [-0.3, -0.25) is 4.90 Å². The molecule has 0 radical (unpaired) electrons. The lowest BCUT2D eigenvalue weighted by molar-refractivity contribution is 0.0227. The number of nitrogens with one attached hydrogen (secondary N) is 1. The number of nitrogen functional groups attached to an aromatic ring is 1. The van der Waals surface area contributed by atoms with E-state index in [0.29, 0.717) is 17.0 Å². The lowest BCUT2D eigenvalue weighted by Gasteiger charge is -2.32. The van der Waals surface area contributed by atoms with E-state index in [1.165, 1.54) is 0 Å². The van der Waals surface area contributed by atoms with Crippen molar-refractivity contribution in [2.75, 3.05) is 43.9 Å². The summed E-state index contributed by atoms with van der Waals surface area (Å²) in [7, 11) is 0. The van der Waals surface area contributed by atoms with Crippen LogP contribution in [-0.2, 0) is 4.74 Å². The van der Waals surface area contributed by atoms with Crippen molar-refractivity contribution in [1.29, 1.82) is 0 Å². The molecule has 0 aromatic carbocycles. The van der Waals surface area contributed by atoms with Crippen LogP contribution in [0.2, 0.25) is 5.15 Å². The Kier molecular flexibility index (Phi) is 4.57. The highest BCUT2D eigenvalue weighted by atomic mass is 35.5. The maximum absolute atomic E-state index is 5.82. The summed E-state index contributed by atoms with van der Waals surface area (Å²) < 4.78 is 5.33. The number of aromatic nitrogens is 2. The van der Waals surface area contributed by atoms with Gasteiger partial charge < -0.3 is 15.8 Å². The summed E-state index contributed by atoms with van der Waals surface area (Å²) in [5, 5.41) is 3.58. The van der Waals surface area contributed by atoms with Gasteiger partial charge in [0.1, 0.15) is 11.0 Å². The minimum Gasteiger partial charge on any atom is -0.379 e. The van der Waals surface area contributed by atoms with Crippen LogP contribution in [0.15, 0.2) is 6.07 Å². The van der Waals surface area contributed by atoms with E-state index in [2.05, 4.69) is 27.1 Å². The number of ether oxygens (including phenoxy) is 1. The SMILES string of the molecule is CC(CNc1cc(Cl)nc(N)n1)N1CCOCC1. The Hall–Kier alpha value is -1.11. The zero-order chi connectivity index (χ0) is 13.0. The minimum atomic E-state index is 0.184. The standard InChI is InChI=1S/C11H18ClN5O/c1-8(17-2-4-18-5-3-17)7-14-10-6-9(12)15-11(13)16-10/h6,8H,2-5,7H2,1H3,(H3,13,14,15,16). The van der Waals surface area contributed by atoms with Crippen LogP contribution in [-0.4, -0.2) is 53.8 Å². The molecule has 18 heavy (non-hydrogen) atoms. The summed E-state index contributed by atoms with van der Waals surface area (Å²) in [6, 6.07) is 2.08. The molecule has 0 spiro atoms. The van der Waals surface area contributed by atoms with E-state index in [0.717, 1.165) is 32.8 Å². The summed E-state index contributed by atoms with van der Waals surface area (Å²) in [4.78, 5) is 10.3. The van der Waals surface area contributed by atoms with Gasteiger partial charge in [-0.15, -0.1) is 0 Å². The van der Waals surface area contributed by atoms with Crippen LogP contribution in [0.5, 0.6) is 0 Å². The molecule has 2 rings (SSSR count). The molecule has 0 amide bonds. The van der Waals surface area contributed by atoms with Gasteiger partial charge in [-0.1, -0.05) is 11.6 Å². The topological polar surface area (TPSA) is 76.3 Å². The Morgan fingerprint density at radius 1 is 1.50 bits per heavy atom. The van der Waals surface area contributed by atoms with Crippen LogP contribution >= 0.6 is 11.6 Å². The second-order valence-corrected chi connectivity index (χ2v) is 4.70. The Balaban J connectivity index is 1.86. The number of hydrogen-bond donors (Lipinski definition) is 2. The monoisotopic (exact) mass is 271 g/mol. The zero-order valence-corrected chi connectivity index (χ0v) is 11.2. The van der Waals surface area contributed by atoms with Gasteiger partial charge in [0.05, 0.1) is 13.2 Å². The summed E-state index contributed by atoms with van der Waals surface area (Å²) in [5.41, 5.74) is 5.54. The van der Waals surface area contributed by atoms with E-state index >= 15 is 0 Å². The fraction of sp³-hybridized carbons (Fsp3) is 0.636. The van der Waals surface area contributed by atoms with Crippen LogP contribution in [0.25, 0.3) is 0 Å². The van der Waals surface area contributed by atoms with E-state index in [1.807, 2.05) is 0 Å². The molecule has 1 saturated heterocycles. The summed E-state index contributed by atoms with van der Waals surface area (Å²) >= 11 is 5.82. The van der Waals surface area contributed by atoms with Crippen molar-refractivity contribution in [1.82, 2.24) is 14.9 Å². The zero-order valence-electron chi connectivity index (χ0n) is 10.4. The number of rotatable bonds is 4. The number of nitrogens with zero attached hydrogens (tertiary/aromatic N) is 3. The minimum absolute atomic E-state index is 0.184. The van der Waals surface area contributed by atoms with Gasteiger partial charge in [-0.05, 0) is 6.92 Å². The Morgan fingerprint density at radius 2 is 2.22 bits per heavy atom. The van der Waals surface area contributed by atoms with E-state index in [-0.39, 0.29) is 5.95 Å². The first kappa shape index (κ1) is 13.3. The number of anilines is 2. The van der Waals surface area contributed by atoms with E-state index < -0.39 is 0 Å². The van der Waals surface area contributed by atoms with Crippen LogP contribution in [0.3, 0.4) is 0 Å². The highest BCUT2D eigenvalue weighted by Gasteiger charge is 2.16. The van der Waals surface area contributed by atoms with Gasteiger partial charge in [0.25, 0.3) is 0 Å². The largest absolute Gasteiger partial charge is 0.379 e. The van der Waals surface area contributed by atoms with Gasteiger partial charge in [0, 0.05) is 31.7 Å². The number of hydrogen-bond acceptors (Lipinski definition) is 6. The fourth-order valence-corrected chi connectivity index (χ4v) is 2.12. The first-order valence-electron chi connectivity index (χ1n) is 6.01. The van der Waals surface area contributed by atoms with E-state index in [4.69, 9.17) is 22.1 Å². The molecule has 3 N–H and O–H groups in total. The molecule has 1 aromatic rings. The Labute approximate surface area is 111 Å². The molecule has 0 aliphatic carbocycles. The number of halogens is 1. The van der Waals surface area contributed by atoms with Crippen LogP contribution in [0.4, 0.5) is 11.8 Å². The Bertz CT molecular complexity index is 377. The van der Waals surface area contributed by atoms with Gasteiger partial charge in [-0.2, -0.15) is 4.98 Å².